The lowest BCUT2D eigenvalue weighted by molar-refractivity contribution is 0.276. The van der Waals surface area contributed by atoms with Gasteiger partial charge in [0.1, 0.15) is 5.82 Å². The number of aromatic nitrogens is 3. The highest BCUT2D eigenvalue weighted by molar-refractivity contribution is 6.30. The number of aliphatic hydroxyl groups excluding tert-OH is 1. The number of nitrogens with zero attached hydrogens (tertiary/aromatic N) is 3. The molecule has 0 saturated carbocycles. The molecule has 2 heterocycles. The third kappa shape index (κ3) is 3.83. The lowest BCUT2D eigenvalue weighted by Gasteiger charge is -2.17. The van der Waals surface area contributed by atoms with Crippen molar-refractivity contribution in [1.82, 2.24) is 15.0 Å². The van der Waals surface area contributed by atoms with Crippen LogP contribution in [0.25, 0.3) is 11.3 Å². The fraction of sp³-hybridized carbons (Fsp3) is 0.118. The molecule has 3 aromatic rings. The highest BCUT2D eigenvalue weighted by Crippen LogP contribution is 2.22. The maximum atomic E-state index is 9.63. The lowest BCUT2D eigenvalue weighted by atomic mass is 10.1. The van der Waals surface area contributed by atoms with Gasteiger partial charge in [0.15, 0.2) is 0 Å². The first-order valence-electron chi connectivity index (χ1n) is 7.11. The topological polar surface area (TPSA) is 70.9 Å². The molecule has 6 heteroatoms. The number of hydrogen-bond acceptors (Lipinski definition) is 5. The van der Waals surface area contributed by atoms with Gasteiger partial charge in [0.25, 0.3) is 0 Å². The summed E-state index contributed by atoms with van der Waals surface area (Å²) in [6.45, 7) is -0.0470. The quantitative estimate of drug-likeness (QED) is 0.752. The Labute approximate surface area is 139 Å². The van der Waals surface area contributed by atoms with Crippen LogP contribution in [0, 0.1) is 0 Å². The van der Waals surface area contributed by atoms with Gasteiger partial charge in [0.2, 0.25) is 0 Å². The molecule has 116 valence electrons. The summed E-state index contributed by atoms with van der Waals surface area (Å²) in [5.74, 6) is 0.574. The number of aliphatic hydroxyl groups is 1. The minimum atomic E-state index is -0.252. The molecule has 2 N–H and O–H groups in total. The Morgan fingerprint density at radius 3 is 2.57 bits per heavy atom. The third-order valence-corrected chi connectivity index (χ3v) is 3.55. The van der Waals surface area contributed by atoms with Crippen LogP contribution in [0.1, 0.15) is 11.6 Å². The van der Waals surface area contributed by atoms with Crippen molar-refractivity contribution in [3.05, 3.63) is 71.8 Å². The van der Waals surface area contributed by atoms with E-state index in [4.69, 9.17) is 11.6 Å². The van der Waals surface area contributed by atoms with E-state index in [0.717, 1.165) is 11.1 Å². The molecule has 0 radical (unpaired) electrons. The summed E-state index contributed by atoms with van der Waals surface area (Å²) >= 11 is 5.96. The van der Waals surface area contributed by atoms with Crippen LogP contribution in [0.5, 0.6) is 0 Å². The molecule has 0 bridgehead atoms. The van der Waals surface area contributed by atoms with E-state index in [1.165, 1.54) is 0 Å². The van der Waals surface area contributed by atoms with Gasteiger partial charge in [-0.15, -0.1) is 0 Å². The average molecular weight is 327 g/mol. The molecule has 0 saturated heterocycles. The van der Waals surface area contributed by atoms with Crippen LogP contribution < -0.4 is 5.32 Å². The lowest BCUT2D eigenvalue weighted by Crippen LogP contribution is -2.15. The molecule has 5 nitrogen and oxygen atoms in total. The largest absolute Gasteiger partial charge is 0.394 e. The van der Waals surface area contributed by atoms with Gasteiger partial charge in [-0.25, -0.2) is 4.98 Å². The second kappa shape index (κ2) is 7.17. The molecular formula is C17H15ClN4O. The van der Waals surface area contributed by atoms with E-state index >= 15 is 0 Å². The molecule has 2 aromatic heterocycles. The number of rotatable bonds is 5. The van der Waals surface area contributed by atoms with Crippen LogP contribution in [-0.4, -0.2) is 26.7 Å². The molecule has 0 spiro atoms. The molecule has 23 heavy (non-hydrogen) atoms. The molecule has 1 aromatic carbocycles. The van der Waals surface area contributed by atoms with Gasteiger partial charge in [-0.05, 0) is 11.6 Å². The molecule has 0 fully saturated rings. The first kappa shape index (κ1) is 15.4. The van der Waals surface area contributed by atoms with Crippen LogP contribution in [0.15, 0.2) is 61.2 Å². The van der Waals surface area contributed by atoms with Crippen LogP contribution in [0.4, 0.5) is 5.82 Å². The summed E-state index contributed by atoms with van der Waals surface area (Å²) in [6.07, 6.45) is 6.51. The van der Waals surface area contributed by atoms with Crippen LogP contribution in [0.2, 0.25) is 5.02 Å². The Balaban J connectivity index is 1.85. The van der Waals surface area contributed by atoms with E-state index in [1.807, 2.05) is 30.3 Å². The third-order valence-electron chi connectivity index (χ3n) is 3.34. The standard InChI is InChI=1S/C17H15ClN4O/c18-14-6-13(7-19-8-14)15-9-20-10-17(21-15)22-16(11-23)12-4-2-1-3-5-12/h1-10,16,23H,11H2,(H,21,22). The molecule has 0 amide bonds. The second-order valence-electron chi connectivity index (χ2n) is 4.97. The molecule has 0 aliphatic heterocycles. The van der Waals surface area contributed by atoms with Crippen molar-refractivity contribution in [3.8, 4) is 11.3 Å². The zero-order valence-corrected chi connectivity index (χ0v) is 13.0. The minimum absolute atomic E-state index is 0.0470. The monoisotopic (exact) mass is 326 g/mol. The van der Waals surface area contributed by atoms with Crippen molar-refractivity contribution >= 4 is 17.4 Å². The van der Waals surface area contributed by atoms with Gasteiger partial charge in [-0.3, -0.25) is 9.97 Å². The summed E-state index contributed by atoms with van der Waals surface area (Å²) < 4.78 is 0. The van der Waals surface area contributed by atoms with Gasteiger partial charge in [0, 0.05) is 18.0 Å². The molecule has 0 aliphatic carbocycles. The van der Waals surface area contributed by atoms with Crippen molar-refractivity contribution in [3.63, 3.8) is 0 Å². The number of nitrogens with one attached hydrogen (secondary N) is 1. The highest BCUT2D eigenvalue weighted by atomic mass is 35.5. The van der Waals surface area contributed by atoms with Crippen LogP contribution >= 0.6 is 11.6 Å². The highest BCUT2D eigenvalue weighted by Gasteiger charge is 2.11. The fourth-order valence-corrected chi connectivity index (χ4v) is 2.40. The maximum absolute atomic E-state index is 9.63. The van der Waals surface area contributed by atoms with E-state index in [2.05, 4.69) is 20.3 Å². The maximum Gasteiger partial charge on any atom is 0.145 e. The van der Waals surface area contributed by atoms with Crippen LogP contribution in [-0.2, 0) is 0 Å². The number of anilines is 1. The van der Waals surface area contributed by atoms with Crippen molar-refractivity contribution in [1.29, 1.82) is 0 Å². The Bertz CT molecular complexity index is 782. The normalized spacial score (nSPS) is 11.9. The van der Waals surface area contributed by atoms with Gasteiger partial charge in [-0.2, -0.15) is 0 Å². The number of pyridine rings is 1. The summed E-state index contributed by atoms with van der Waals surface area (Å²) in [5, 5.41) is 13.4. The number of halogens is 1. The average Bonchev–Trinajstić information content (AvgIpc) is 2.61. The van der Waals surface area contributed by atoms with Crippen LogP contribution in [0.3, 0.4) is 0 Å². The molecule has 0 aliphatic rings. The van der Waals surface area contributed by atoms with E-state index in [1.54, 1.807) is 30.9 Å². The van der Waals surface area contributed by atoms with Crippen molar-refractivity contribution in [2.45, 2.75) is 6.04 Å². The minimum Gasteiger partial charge on any atom is -0.394 e. The van der Waals surface area contributed by atoms with E-state index in [-0.39, 0.29) is 12.6 Å². The summed E-state index contributed by atoms with van der Waals surface area (Å²) in [6, 6.07) is 11.2. The van der Waals surface area contributed by atoms with E-state index in [0.29, 0.717) is 16.5 Å². The molecule has 1 unspecified atom stereocenters. The van der Waals surface area contributed by atoms with Gasteiger partial charge in [-0.1, -0.05) is 41.9 Å². The smallest absolute Gasteiger partial charge is 0.145 e. The van der Waals surface area contributed by atoms with E-state index in [9.17, 15) is 5.11 Å². The van der Waals surface area contributed by atoms with E-state index < -0.39 is 0 Å². The molecule has 1 atom stereocenters. The molecule has 3 rings (SSSR count). The number of hydrogen-bond donors (Lipinski definition) is 2. The first-order valence-corrected chi connectivity index (χ1v) is 7.49. The Kier molecular flexibility index (Phi) is 4.80. The summed E-state index contributed by atoms with van der Waals surface area (Å²) in [7, 11) is 0. The Hall–Kier alpha value is -2.50. The first-order chi connectivity index (χ1) is 11.3. The predicted molar refractivity (Wildman–Crippen MR) is 90.2 cm³/mol. The Morgan fingerprint density at radius 2 is 1.83 bits per heavy atom. The Morgan fingerprint density at radius 1 is 1.04 bits per heavy atom. The fourth-order valence-electron chi connectivity index (χ4n) is 2.22. The SMILES string of the molecule is OCC(Nc1cncc(-c2cncc(Cl)c2)n1)c1ccccc1. The molecular weight excluding hydrogens is 312 g/mol. The summed E-state index contributed by atoms with van der Waals surface area (Å²) in [5.41, 5.74) is 2.43. The zero-order valence-electron chi connectivity index (χ0n) is 12.2. The van der Waals surface area contributed by atoms with Gasteiger partial charge < -0.3 is 10.4 Å². The number of benzene rings is 1. The predicted octanol–water partition coefficient (Wildman–Crippen LogP) is 3.34. The summed E-state index contributed by atoms with van der Waals surface area (Å²) in [4.78, 5) is 12.8. The van der Waals surface area contributed by atoms with Gasteiger partial charge >= 0.3 is 0 Å². The van der Waals surface area contributed by atoms with Gasteiger partial charge in [0.05, 0.1) is 35.8 Å². The van der Waals surface area contributed by atoms with Crippen molar-refractivity contribution in [2.24, 2.45) is 0 Å². The second-order valence-corrected chi connectivity index (χ2v) is 5.41. The van der Waals surface area contributed by atoms with Crippen molar-refractivity contribution < 1.29 is 5.11 Å². The zero-order chi connectivity index (χ0) is 16.1. The van der Waals surface area contributed by atoms with Crippen molar-refractivity contribution in [2.75, 3.05) is 11.9 Å².